The van der Waals surface area contributed by atoms with Crippen molar-refractivity contribution in [2.75, 3.05) is 20.2 Å². The van der Waals surface area contributed by atoms with Gasteiger partial charge < -0.3 is 20.1 Å². The van der Waals surface area contributed by atoms with Crippen molar-refractivity contribution < 1.29 is 18.7 Å². The van der Waals surface area contributed by atoms with Gasteiger partial charge in [0.1, 0.15) is 23.8 Å². The molecule has 0 aliphatic rings. The average Bonchev–Trinajstić information content (AvgIpc) is 2.56. The van der Waals surface area contributed by atoms with Crippen LogP contribution in [0.1, 0.15) is 26.3 Å². The van der Waals surface area contributed by atoms with E-state index in [0.29, 0.717) is 29.4 Å². The van der Waals surface area contributed by atoms with E-state index in [9.17, 15) is 9.18 Å². The summed E-state index contributed by atoms with van der Waals surface area (Å²) in [4.78, 5) is 11.7. The lowest BCUT2D eigenvalue weighted by molar-refractivity contribution is 0.0520. The van der Waals surface area contributed by atoms with Crippen molar-refractivity contribution in [3.8, 4) is 16.9 Å². The second kappa shape index (κ2) is 9.75. The van der Waals surface area contributed by atoms with Crippen LogP contribution in [0, 0.1) is 5.82 Å². The normalized spacial score (nSPS) is 11.2. The SMILES string of the molecule is CNCc1cc(OCCNC(=O)OC(C)(C)C)cc(-c2cc(F)cc(Cl)c2)c1. The van der Waals surface area contributed by atoms with Crippen molar-refractivity contribution in [1.82, 2.24) is 10.6 Å². The molecule has 2 aromatic carbocycles. The number of carbonyl (C=O) groups excluding carboxylic acids is 1. The first-order chi connectivity index (χ1) is 13.2. The maximum absolute atomic E-state index is 13.7. The minimum Gasteiger partial charge on any atom is -0.492 e. The zero-order valence-corrected chi connectivity index (χ0v) is 17.3. The van der Waals surface area contributed by atoms with Crippen LogP contribution in [0.3, 0.4) is 0 Å². The van der Waals surface area contributed by atoms with E-state index < -0.39 is 17.5 Å². The highest BCUT2D eigenvalue weighted by atomic mass is 35.5. The quantitative estimate of drug-likeness (QED) is 0.648. The minimum absolute atomic E-state index is 0.269. The van der Waals surface area contributed by atoms with Gasteiger partial charge in [-0.1, -0.05) is 11.6 Å². The molecule has 0 aliphatic carbocycles. The molecule has 2 N–H and O–H groups in total. The van der Waals surface area contributed by atoms with Crippen LogP contribution >= 0.6 is 11.6 Å². The molecule has 0 fully saturated rings. The first-order valence-corrected chi connectivity index (χ1v) is 9.39. The Morgan fingerprint density at radius 2 is 1.82 bits per heavy atom. The third kappa shape index (κ3) is 7.37. The van der Waals surface area contributed by atoms with Gasteiger partial charge >= 0.3 is 6.09 Å². The van der Waals surface area contributed by atoms with E-state index in [1.54, 1.807) is 26.8 Å². The smallest absolute Gasteiger partial charge is 0.407 e. The molecule has 5 nitrogen and oxygen atoms in total. The summed E-state index contributed by atoms with van der Waals surface area (Å²) in [6.07, 6.45) is -0.491. The molecule has 7 heteroatoms. The number of halogens is 2. The number of alkyl carbamates (subject to hydrolysis) is 1. The topological polar surface area (TPSA) is 59.6 Å². The number of amides is 1. The Hall–Kier alpha value is -2.31. The summed E-state index contributed by atoms with van der Waals surface area (Å²) in [7, 11) is 1.84. The van der Waals surface area contributed by atoms with Crippen molar-refractivity contribution >= 4 is 17.7 Å². The largest absolute Gasteiger partial charge is 0.492 e. The molecular formula is C21H26ClFN2O3. The number of carbonyl (C=O) groups is 1. The maximum atomic E-state index is 13.7. The minimum atomic E-state index is -0.548. The summed E-state index contributed by atoms with van der Waals surface area (Å²) < 4.78 is 24.7. The fraction of sp³-hybridized carbons (Fsp3) is 0.381. The van der Waals surface area contributed by atoms with Gasteiger partial charge in [0.05, 0.1) is 6.54 Å². The van der Waals surface area contributed by atoms with E-state index in [0.717, 1.165) is 11.1 Å². The fourth-order valence-electron chi connectivity index (χ4n) is 2.57. The van der Waals surface area contributed by atoms with Crippen LogP contribution in [0.15, 0.2) is 36.4 Å². The lowest BCUT2D eigenvalue weighted by Gasteiger charge is -2.19. The number of hydrogen-bond donors (Lipinski definition) is 2. The van der Waals surface area contributed by atoms with Crippen molar-refractivity contribution in [2.24, 2.45) is 0 Å². The molecular weight excluding hydrogens is 383 g/mol. The number of benzene rings is 2. The zero-order chi connectivity index (χ0) is 20.7. The van der Waals surface area contributed by atoms with Crippen molar-refractivity contribution in [3.63, 3.8) is 0 Å². The Labute approximate surface area is 170 Å². The molecule has 1 amide bonds. The third-order valence-electron chi connectivity index (χ3n) is 3.58. The van der Waals surface area contributed by atoms with E-state index in [-0.39, 0.29) is 6.61 Å². The molecule has 0 spiro atoms. The molecule has 0 aromatic heterocycles. The molecule has 0 radical (unpaired) electrons. The van der Waals surface area contributed by atoms with E-state index in [1.165, 1.54) is 12.1 Å². The highest BCUT2D eigenvalue weighted by Gasteiger charge is 2.15. The molecule has 0 aliphatic heterocycles. The molecule has 0 unspecified atom stereocenters. The predicted octanol–water partition coefficient (Wildman–Crippen LogP) is 4.77. The summed E-state index contributed by atoms with van der Waals surface area (Å²) in [5, 5.41) is 6.06. The van der Waals surface area contributed by atoms with Crippen molar-refractivity contribution in [3.05, 3.63) is 52.8 Å². The van der Waals surface area contributed by atoms with Gasteiger partial charge in [0, 0.05) is 11.6 Å². The fourth-order valence-corrected chi connectivity index (χ4v) is 2.80. The Balaban J connectivity index is 2.07. The molecule has 2 aromatic rings. The van der Waals surface area contributed by atoms with Crippen LogP contribution in [0.25, 0.3) is 11.1 Å². The highest BCUT2D eigenvalue weighted by molar-refractivity contribution is 6.30. The van der Waals surface area contributed by atoms with Crippen LogP contribution in [-0.4, -0.2) is 31.9 Å². The monoisotopic (exact) mass is 408 g/mol. The zero-order valence-electron chi connectivity index (χ0n) is 16.6. The molecule has 0 heterocycles. The van der Waals surface area contributed by atoms with Gasteiger partial charge in [-0.25, -0.2) is 9.18 Å². The first kappa shape index (κ1) is 22.0. The Morgan fingerprint density at radius 1 is 1.11 bits per heavy atom. The predicted molar refractivity (Wildman–Crippen MR) is 109 cm³/mol. The van der Waals surface area contributed by atoms with E-state index >= 15 is 0 Å². The lowest BCUT2D eigenvalue weighted by Crippen LogP contribution is -2.34. The third-order valence-corrected chi connectivity index (χ3v) is 3.80. The Morgan fingerprint density at radius 3 is 2.46 bits per heavy atom. The average molecular weight is 409 g/mol. The van der Waals surface area contributed by atoms with E-state index in [2.05, 4.69) is 10.6 Å². The molecule has 152 valence electrons. The highest BCUT2D eigenvalue weighted by Crippen LogP contribution is 2.29. The number of hydrogen-bond acceptors (Lipinski definition) is 4. The van der Waals surface area contributed by atoms with E-state index in [1.807, 2.05) is 25.2 Å². The van der Waals surface area contributed by atoms with E-state index in [4.69, 9.17) is 21.1 Å². The molecule has 0 bridgehead atoms. The number of rotatable bonds is 7. The standard InChI is InChI=1S/C21H26ClFN2O3/c1-21(2,3)28-20(26)25-5-6-27-19-8-14(13-24-4)7-15(11-19)16-9-17(22)12-18(23)10-16/h7-12,24H,5-6,13H2,1-4H3,(H,25,26). The Bertz CT molecular complexity index is 802. The van der Waals surface area contributed by atoms with Crippen LogP contribution in [0.5, 0.6) is 5.75 Å². The van der Waals surface area contributed by atoms with Gasteiger partial charge in [-0.2, -0.15) is 0 Å². The summed E-state index contributed by atoms with van der Waals surface area (Å²) in [5.41, 5.74) is 1.90. The number of ether oxygens (including phenoxy) is 2. The van der Waals surface area contributed by atoms with Gasteiger partial charge in [-0.3, -0.25) is 0 Å². The van der Waals surface area contributed by atoms with Gasteiger partial charge in [0.25, 0.3) is 0 Å². The second-order valence-electron chi connectivity index (χ2n) is 7.33. The van der Waals surface area contributed by atoms with Crippen molar-refractivity contribution in [2.45, 2.75) is 32.9 Å². The lowest BCUT2D eigenvalue weighted by atomic mass is 10.0. The summed E-state index contributed by atoms with van der Waals surface area (Å²) >= 11 is 5.98. The summed E-state index contributed by atoms with van der Waals surface area (Å²) in [6, 6.07) is 10.1. The molecule has 0 atom stereocenters. The molecule has 0 saturated carbocycles. The summed E-state index contributed by atoms with van der Waals surface area (Å²) in [6.45, 7) is 6.60. The molecule has 0 saturated heterocycles. The van der Waals surface area contributed by atoms with Crippen LogP contribution in [0.4, 0.5) is 9.18 Å². The van der Waals surface area contributed by atoms with Crippen LogP contribution < -0.4 is 15.4 Å². The second-order valence-corrected chi connectivity index (χ2v) is 7.77. The first-order valence-electron chi connectivity index (χ1n) is 9.01. The number of nitrogens with one attached hydrogen (secondary N) is 2. The van der Waals surface area contributed by atoms with Gasteiger partial charge in [-0.15, -0.1) is 0 Å². The molecule has 2 rings (SSSR count). The maximum Gasteiger partial charge on any atom is 0.407 e. The Kier molecular flexibility index (Phi) is 7.66. The van der Waals surface area contributed by atoms with Gasteiger partial charge in [0.2, 0.25) is 0 Å². The van der Waals surface area contributed by atoms with Gasteiger partial charge in [0.15, 0.2) is 0 Å². The molecule has 28 heavy (non-hydrogen) atoms. The summed E-state index contributed by atoms with van der Waals surface area (Å²) in [5.74, 6) is 0.222. The van der Waals surface area contributed by atoms with Crippen molar-refractivity contribution in [1.29, 1.82) is 0 Å². The van der Waals surface area contributed by atoms with Crippen LogP contribution in [0.2, 0.25) is 5.02 Å². The van der Waals surface area contributed by atoms with Crippen LogP contribution in [-0.2, 0) is 11.3 Å². The van der Waals surface area contributed by atoms with Gasteiger partial charge in [-0.05, 0) is 80.9 Å².